The second-order valence-corrected chi connectivity index (χ2v) is 9.29. The Morgan fingerprint density at radius 3 is 2.38 bits per heavy atom. The molecule has 8 nitrogen and oxygen atoms in total. The fourth-order valence-corrected chi connectivity index (χ4v) is 5.25. The maximum Gasteiger partial charge on any atom is 0.347 e. The van der Waals surface area contributed by atoms with Gasteiger partial charge in [0.2, 0.25) is 5.82 Å². The lowest BCUT2D eigenvalue weighted by Crippen LogP contribution is -2.51. The molecule has 3 aromatic rings. The van der Waals surface area contributed by atoms with E-state index in [-0.39, 0.29) is 11.6 Å². The third-order valence-electron chi connectivity index (χ3n) is 7.18. The molecule has 178 valence electrons. The molecule has 2 aliphatic heterocycles. The van der Waals surface area contributed by atoms with E-state index in [9.17, 15) is 9.59 Å². The van der Waals surface area contributed by atoms with E-state index in [0.717, 1.165) is 50.3 Å². The molecule has 34 heavy (non-hydrogen) atoms. The van der Waals surface area contributed by atoms with Gasteiger partial charge in [0.1, 0.15) is 5.75 Å². The molecule has 0 N–H and O–H groups in total. The summed E-state index contributed by atoms with van der Waals surface area (Å²) >= 11 is 0. The molecule has 2 fully saturated rings. The molecule has 0 spiro atoms. The minimum atomic E-state index is -0.408. The highest BCUT2D eigenvalue weighted by atomic mass is 16.5. The highest BCUT2D eigenvalue weighted by Crippen LogP contribution is 2.33. The van der Waals surface area contributed by atoms with Crippen molar-refractivity contribution in [2.24, 2.45) is 13.0 Å². The Kier molecular flexibility index (Phi) is 6.24. The summed E-state index contributed by atoms with van der Waals surface area (Å²) in [6.07, 6.45) is 2.16. The van der Waals surface area contributed by atoms with Gasteiger partial charge in [-0.25, -0.2) is 9.48 Å². The van der Waals surface area contributed by atoms with Crippen LogP contribution in [-0.2, 0) is 20.1 Å². The largest absolute Gasteiger partial charge is 0.497 e. The van der Waals surface area contributed by atoms with Crippen LogP contribution in [0.3, 0.4) is 0 Å². The average Bonchev–Trinajstić information content (AvgIpc) is 3.28. The number of rotatable bonds is 6. The predicted octanol–water partition coefficient (Wildman–Crippen LogP) is 2.10. The summed E-state index contributed by atoms with van der Waals surface area (Å²) in [6.45, 7) is 3.94. The number of benzene rings is 2. The summed E-state index contributed by atoms with van der Waals surface area (Å²) in [7, 11) is 3.16. The summed E-state index contributed by atoms with van der Waals surface area (Å²) in [6, 6.07) is 18.3. The minimum absolute atomic E-state index is 0.226. The third-order valence-corrected chi connectivity index (χ3v) is 7.18. The van der Waals surface area contributed by atoms with Gasteiger partial charge in [-0.3, -0.25) is 14.3 Å². The molecule has 2 aromatic carbocycles. The van der Waals surface area contributed by atoms with Crippen LogP contribution in [0.4, 0.5) is 5.82 Å². The van der Waals surface area contributed by atoms with Gasteiger partial charge >= 0.3 is 5.69 Å². The average molecular weight is 462 g/mol. The number of hydrogen-bond donors (Lipinski definition) is 0. The molecule has 0 saturated carbocycles. The van der Waals surface area contributed by atoms with Crippen LogP contribution in [0, 0.1) is 5.92 Å². The number of piperidine rings is 1. The summed E-state index contributed by atoms with van der Waals surface area (Å²) in [5.74, 6) is 1.68. The van der Waals surface area contributed by atoms with Crippen LogP contribution in [0.15, 0.2) is 64.2 Å². The van der Waals surface area contributed by atoms with Crippen molar-refractivity contribution in [3.63, 3.8) is 0 Å². The maximum atomic E-state index is 13.1. The Labute approximate surface area is 199 Å². The highest BCUT2D eigenvalue weighted by molar-refractivity contribution is 5.39. The molecule has 2 aliphatic rings. The number of hydrogen-bond acceptors (Lipinski definition) is 6. The zero-order valence-corrected chi connectivity index (χ0v) is 19.8. The topological polar surface area (TPSA) is 72.6 Å². The number of nitrogens with zero attached hydrogens (tertiary/aromatic N) is 5. The quantitative estimate of drug-likeness (QED) is 0.560. The second-order valence-electron chi connectivity index (χ2n) is 9.29. The van der Waals surface area contributed by atoms with Gasteiger partial charge in [-0.1, -0.05) is 42.5 Å². The van der Waals surface area contributed by atoms with Crippen molar-refractivity contribution in [2.75, 3.05) is 31.6 Å². The molecule has 2 atom stereocenters. The number of ether oxygens (including phenoxy) is 1. The Hall–Kier alpha value is -3.39. The fourth-order valence-electron chi connectivity index (χ4n) is 5.25. The van der Waals surface area contributed by atoms with Crippen molar-refractivity contribution in [3.8, 4) is 5.75 Å². The molecule has 2 saturated heterocycles. The molecule has 1 aromatic heterocycles. The van der Waals surface area contributed by atoms with E-state index in [2.05, 4.69) is 39.2 Å². The van der Waals surface area contributed by atoms with E-state index < -0.39 is 5.69 Å². The van der Waals surface area contributed by atoms with E-state index in [1.54, 1.807) is 7.11 Å². The monoisotopic (exact) mass is 461 g/mol. The molecule has 0 amide bonds. The summed E-state index contributed by atoms with van der Waals surface area (Å²) in [4.78, 5) is 30.6. The van der Waals surface area contributed by atoms with E-state index >= 15 is 0 Å². The number of fused-ring (bicyclic) bond motifs is 1. The smallest absolute Gasteiger partial charge is 0.347 e. The number of aromatic nitrogens is 3. The first-order valence-electron chi connectivity index (χ1n) is 11.9. The fraction of sp³-hybridized carbons (Fsp3) is 0.423. The van der Waals surface area contributed by atoms with Crippen molar-refractivity contribution in [1.82, 2.24) is 19.2 Å². The van der Waals surface area contributed by atoms with Crippen molar-refractivity contribution >= 4 is 5.82 Å². The molecular weight excluding hydrogens is 430 g/mol. The summed E-state index contributed by atoms with van der Waals surface area (Å²) in [5.41, 5.74) is 1.49. The zero-order chi connectivity index (χ0) is 23.7. The Morgan fingerprint density at radius 2 is 1.65 bits per heavy atom. The Morgan fingerprint density at radius 1 is 0.941 bits per heavy atom. The van der Waals surface area contributed by atoms with Crippen LogP contribution in [0.2, 0.25) is 0 Å². The molecule has 0 aliphatic carbocycles. The number of likely N-dealkylation sites (tertiary alicyclic amines) is 1. The van der Waals surface area contributed by atoms with E-state index in [0.29, 0.717) is 18.3 Å². The third kappa shape index (κ3) is 4.37. The minimum Gasteiger partial charge on any atom is -0.497 e. The molecule has 0 radical (unpaired) electrons. The molecule has 3 heterocycles. The van der Waals surface area contributed by atoms with Crippen molar-refractivity contribution < 1.29 is 4.74 Å². The molecule has 5 rings (SSSR count). The molecule has 2 unspecified atom stereocenters. The van der Waals surface area contributed by atoms with Crippen molar-refractivity contribution in [3.05, 3.63) is 86.6 Å². The Balaban J connectivity index is 1.41. The molecule has 0 bridgehead atoms. The van der Waals surface area contributed by atoms with E-state index in [1.165, 1.54) is 21.9 Å². The van der Waals surface area contributed by atoms with Gasteiger partial charge in [0.25, 0.3) is 5.56 Å². The standard InChI is InChI=1S/C26H31N5O3/c1-28-25(32)24(27-31(26(28)33)17-20-8-10-22(34-2)11-9-20)30-15-13-21-12-14-29(18-23(21)30)16-19-6-4-3-5-7-19/h3-11,21,23H,12-18H2,1-2H3. The SMILES string of the molecule is COc1ccc(Cn2nc(N3CCC4CCN(Cc5ccccc5)CC43)c(=O)n(C)c2=O)cc1. The zero-order valence-electron chi connectivity index (χ0n) is 19.8. The molecule has 8 heteroatoms. The van der Waals surface area contributed by atoms with Crippen LogP contribution < -0.4 is 20.9 Å². The Bertz CT molecular complexity index is 1250. The van der Waals surface area contributed by atoms with Crippen LogP contribution in [0.1, 0.15) is 24.0 Å². The van der Waals surface area contributed by atoms with Gasteiger partial charge < -0.3 is 9.64 Å². The first-order chi connectivity index (χ1) is 16.5. The lowest BCUT2D eigenvalue weighted by atomic mass is 9.92. The van der Waals surface area contributed by atoms with Crippen LogP contribution >= 0.6 is 0 Å². The van der Waals surface area contributed by atoms with Crippen LogP contribution in [0.5, 0.6) is 5.75 Å². The lowest BCUT2D eigenvalue weighted by molar-refractivity contribution is 0.167. The van der Waals surface area contributed by atoms with E-state index in [4.69, 9.17) is 4.74 Å². The second kappa shape index (κ2) is 9.46. The van der Waals surface area contributed by atoms with Gasteiger partial charge in [-0.15, -0.1) is 5.10 Å². The highest BCUT2D eigenvalue weighted by Gasteiger charge is 2.40. The van der Waals surface area contributed by atoms with Crippen molar-refractivity contribution in [1.29, 1.82) is 0 Å². The van der Waals surface area contributed by atoms with E-state index in [1.807, 2.05) is 30.3 Å². The lowest BCUT2D eigenvalue weighted by Gasteiger charge is -2.38. The molecular formula is C26H31N5O3. The summed E-state index contributed by atoms with van der Waals surface area (Å²) in [5, 5.41) is 4.60. The van der Waals surface area contributed by atoms with Crippen LogP contribution in [0.25, 0.3) is 0 Å². The first-order valence-corrected chi connectivity index (χ1v) is 11.9. The maximum absolute atomic E-state index is 13.1. The van der Waals surface area contributed by atoms with Gasteiger partial charge in [-0.2, -0.15) is 0 Å². The van der Waals surface area contributed by atoms with Gasteiger partial charge in [0.15, 0.2) is 0 Å². The summed E-state index contributed by atoms with van der Waals surface area (Å²) < 4.78 is 7.80. The normalized spacial score (nSPS) is 20.4. The predicted molar refractivity (Wildman–Crippen MR) is 131 cm³/mol. The van der Waals surface area contributed by atoms with Crippen molar-refractivity contribution in [2.45, 2.75) is 32.0 Å². The van der Waals surface area contributed by atoms with Gasteiger partial charge in [0.05, 0.1) is 13.7 Å². The van der Waals surface area contributed by atoms with Gasteiger partial charge in [-0.05, 0) is 48.6 Å². The first kappa shape index (κ1) is 22.4. The van der Waals surface area contributed by atoms with Gasteiger partial charge in [0, 0.05) is 32.7 Å². The number of anilines is 1. The van der Waals surface area contributed by atoms with Crippen LogP contribution in [-0.4, -0.2) is 52.0 Å². The number of methoxy groups -OCH3 is 1.